The molecule has 0 radical (unpaired) electrons. The summed E-state index contributed by atoms with van der Waals surface area (Å²) in [6, 6.07) is 3.99. The van der Waals surface area contributed by atoms with Gasteiger partial charge in [0.05, 0.1) is 0 Å². The molecule has 2 nitrogen and oxygen atoms in total. The van der Waals surface area contributed by atoms with Crippen molar-refractivity contribution in [3.05, 3.63) is 17.5 Å². The van der Waals surface area contributed by atoms with E-state index < -0.39 is 0 Å². The van der Waals surface area contributed by atoms with Crippen molar-refractivity contribution in [3.8, 4) is 5.06 Å². The molecule has 0 aliphatic heterocycles. The van der Waals surface area contributed by atoms with Crippen LogP contribution in [0.3, 0.4) is 0 Å². The number of thiophene rings is 1. The van der Waals surface area contributed by atoms with Crippen molar-refractivity contribution in [2.45, 2.75) is 26.5 Å². The summed E-state index contributed by atoms with van der Waals surface area (Å²) < 4.78 is 5.65. The smallest absolute Gasteiger partial charge is 0.176 e. The molecular weight excluding hydrogens is 170 g/mol. The number of ether oxygens (including phenoxy) is 1. The van der Waals surface area contributed by atoms with Crippen molar-refractivity contribution in [1.82, 2.24) is 5.32 Å². The van der Waals surface area contributed by atoms with Crippen LogP contribution >= 0.6 is 11.3 Å². The van der Waals surface area contributed by atoms with E-state index in [1.807, 2.05) is 17.5 Å². The highest BCUT2D eigenvalue weighted by atomic mass is 32.1. The van der Waals surface area contributed by atoms with Crippen LogP contribution < -0.4 is 10.1 Å². The van der Waals surface area contributed by atoms with Crippen LogP contribution in [-0.2, 0) is 0 Å². The lowest BCUT2D eigenvalue weighted by Crippen LogP contribution is -2.33. The highest BCUT2D eigenvalue weighted by molar-refractivity contribution is 7.11. The molecule has 1 rings (SSSR count). The topological polar surface area (TPSA) is 21.3 Å². The molecule has 0 aliphatic carbocycles. The van der Waals surface area contributed by atoms with Gasteiger partial charge in [0.15, 0.2) is 11.3 Å². The third-order valence-corrected chi connectivity index (χ3v) is 2.31. The Hall–Kier alpha value is -0.540. The number of nitrogens with one attached hydrogen (secondary N) is 1. The Labute approximate surface area is 77.6 Å². The normalized spacial score (nSPS) is 12.8. The predicted octanol–water partition coefficient (Wildman–Crippen LogP) is 2.47. The van der Waals surface area contributed by atoms with Gasteiger partial charge < -0.3 is 4.74 Å². The standard InChI is InChI=1S/C9H15NOS/c1-3-8(10-4-2)11-9-6-5-7-12-9/h5-8,10H,3-4H2,1-2H3. The van der Waals surface area contributed by atoms with Gasteiger partial charge in [-0.15, -0.1) is 11.3 Å². The first-order valence-electron chi connectivity index (χ1n) is 4.30. The average Bonchev–Trinajstić information content (AvgIpc) is 2.56. The molecule has 0 saturated heterocycles. The van der Waals surface area contributed by atoms with E-state index in [9.17, 15) is 0 Å². The Bertz CT molecular complexity index is 198. The largest absolute Gasteiger partial charge is 0.466 e. The van der Waals surface area contributed by atoms with Gasteiger partial charge in [0.1, 0.15) is 0 Å². The van der Waals surface area contributed by atoms with Crippen LogP contribution in [-0.4, -0.2) is 12.8 Å². The van der Waals surface area contributed by atoms with Gasteiger partial charge in [0.25, 0.3) is 0 Å². The molecule has 68 valence electrons. The van der Waals surface area contributed by atoms with Crippen LogP contribution in [0.15, 0.2) is 17.5 Å². The van der Waals surface area contributed by atoms with Crippen LogP contribution in [0.5, 0.6) is 5.06 Å². The lowest BCUT2D eigenvalue weighted by Gasteiger charge is -2.16. The maximum Gasteiger partial charge on any atom is 0.176 e. The monoisotopic (exact) mass is 185 g/mol. The second-order valence-corrected chi connectivity index (χ2v) is 3.41. The minimum Gasteiger partial charge on any atom is -0.466 e. The molecule has 0 bridgehead atoms. The van der Waals surface area contributed by atoms with Crippen molar-refractivity contribution in [2.75, 3.05) is 6.54 Å². The molecule has 0 spiro atoms. The fraction of sp³-hybridized carbons (Fsp3) is 0.556. The summed E-state index contributed by atoms with van der Waals surface area (Å²) in [7, 11) is 0. The Morgan fingerprint density at radius 2 is 2.42 bits per heavy atom. The quantitative estimate of drug-likeness (QED) is 0.711. The SMILES string of the molecule is CCNC(CC)Oc1cccs1. The minimum absolute atomic E-state index is 0.161. The predicted molar refractivity (Wildman–Crippen MR) is 52.7 cm³/mol. The zero-order chi connectivity index (χ0) is 8.81. The molecule has 0 fully saturated rings. The zero-order valence-electron chi connectivity index (χ0n) is 7.54. The van der Waals surface area contributed by atoms with Gasteiger partial charge in [0, 0.05) is 0 Å². The molecule has 0 aliphatic rings. The van der Waals surface area contributed by atoms with E-state index >= 15 is 0 Å². The molecule has 1 aromatic rings. The summed E-state index contributed by atoms with van der Waals surface area (Å²) in [6.45, 7) is 5.14. The molecule has 1 N–H and O–H groups in total. The molecule has 1 unspecified atom stereocenters. The molecule has 1 atom stereocenters. The first-order valence-corrected chi connectivity index (χ1v) is 5.18. The molecule has 0 saturated carbocycles. The molecule has 1 aromatic heterocycles. The summed E-state index contributed by atoms with van der Waals surface area (Å²) >= 11 is 1.63. The summed E-state index contributed by atoms with van der Waals surface area (Å²) in [6.07, 6.45) is 1.15. The van der Waals surface area contributed by atoms with Crippen LogP contribution in [0, 0.1) is 0 Å². The lowest BCUT2D eigenvalue weighted by atomic mass is 10.4. The Kier molecular flexibility index (Phi) is 4.11. The van der Waals surface area contributed by atoms with Gasteiger partial charge in [0.2, 0.25) is 0 Å². The van der Waals surface area contributed by atoms with Gasteiger partial charge in [-0.05, 0) is 30.5 Å². The maximum atomic E-state index is 5.65. The summed E-state index contributed by atoms with van der Waals surface area (Å²) in [5.41, 5.74) is 0. The zero-order valence-corrected chi connectivity index (χ0v) is 8.36. The third-order valence-electron chi connectivity index (χ3n) is 1.56. The number of hydrogen-bond donors (Lipinski definition) is 1. The molecule has 0 aromatic carbocycles. The van der Waals surface area contributed by atoms with Crippen molar-refractivity contribution in [2.24, 2.45) is 0 Å². The maximum absolute atomic E-state index is 5.65. The Morgan fingerprint density at radius 1 is 1.58 bits per heavy atom. The van der Waals surface area contributed by atoms with Crippen LogP contribution in [0.4, 0.5) is 0 Å². The highest BCUT2D eigenvalue weighted by Gasteiger charge is 2.05. The van der Waals surface area contributed by atoms with E-state index in [1.165, 1.54) is 0 Å². The first-order chi connectivity index (χ1) is 5.86. The Morgan fingerprint density at radius 3 is 2.92 bits per heavy atom. The molecular formula is C9H15NOS. The van der Waals surface area contributed by atoms with E-state index in [4.69, 9.17) is 4.74 Å². The minimum atomic E-state index is 0.161. The second kappa shape index (κ2) is 5.17. The van der Waals surface area contributed by atoms with Crippen molar-refractivity contribution >= 4 is 11.3 Å². The van der Waals surface area contributed by atoms with Crippen molar-refractivity contribution in [3.63, 3.8) is 0 Å². The molecule has 1 heterocycles. The van der Waals surface area contributed by atoms with E-state index in [-0.39, 0.29) is 6.23 Å². The number of hydrogen-bond acceptors (Lipinski definition) is 3. The van der Waals surface area contributed by atoms with Gasteiger partial charge in [-0.25, -0.2) is 0 Å². The average molecular weight is 185 g/mol. The lowest BCUT2D eigenvalue weighted by molar-refractivity contribution is 0.167. The van der Waals surface area contributed by atoms with Crippen molar-refractivity contribution < 1.29 is 4.74 Å². The van der Waals surface area contributed by atoms with E-state index in [0.29, 0.717) is 0 Å². The first kappa shape index (κ1) is 9.55. The summed E-state index contributed by atoms with van der Waals surface area (Å²) in [5, 5.41) is 6.27. The third kappa shape index (κ3) is 2.83. The Balaban J connectivity index is 2.37. The molecule has 12 heavy (non-hydrogen) atoms. The van der Waals surface area contributed by atoms with Crippen LogP contribution in [0.25, 0.3) is 0 Å². The molecule has 3 heteroatoms. The second-order valence-electron chi connectivity index (χ2n) is 2.50. The summed E-state index contributed by atoms with van der Waals surface area (Å²) in [5.74, 6) is 0. The fourth-order valence-electron chi connectivity index (χ4n) is 0.968. The van der Waals surface area contributed by atoms with Crippen molar-refractivity contribution in [1.29, 1.82) is 0 Å². The highest BCUT2D eigenvalue weighted by Crippen LogP contribution is 2.19. The van der Waals surface area contributed by atoms with Gasteiger partial charge in [-0.1, -0.05) is 13.8 Å². The van der Waals surface area contributed by atoms with E-state index in [2.05, 4.69) is 19.2 Å². The van der Waals surface area contributed by atoms with E-state index in [1.54, 1.807) is 11.3 Å². The summed E-state index contributed by atoms with van der Waals surface area (Å²) in [4.78, 5) is 0. The van der Waals surface area contributed by atoms with Gasteiger partial charge >= 0.3 is 0 Å². The van der Waals surface area contributed by atoms with Gasteiger partial charge in [-0.2, -0.15) is 0 Å². The number of rotatable bonds is 5. The van der Waals surface area contributed by atoms with Crippen LogP contribution in [0.2, 0.25) is 0 Å². The van der Waals surface area contributed by atoms with Gasteiger partial charge in [-0.3, -0.25) is 5.32 Å². The molecule has 0 amide bonds. The van der Waals surface area contributed by atoms with E-state index in [0.717, 1.165) is 18.0 Å². The fourth-order valence-corrected chi connectivity index (χ4v) is 1.59. The van der Waals surface area contributed by atoms with Crippen LogP contribution in [0.1, 0.15) is 20.3 Å².